The standard InChI is InChI=1S/C11H15NOS/c1-9(14)8-11(13)12(2)10-6-4-3-5-7-10/h3-7,9,14H,8H2,1-2H3. The zero-order valence-corrected chi connectivity index (χ0v) is 9.37. The summed E-state index contributed by atoms with van der Waals surface area (Å²) in [6, 6.07) is 9.61. The minimum absolute atomic E-state index is 0.0960. The van der Waals surface area contributed by atoms with Crippen LogP contribution in [0.1, 0.15) is 13.3 Å². The second-order valence-electron chi connectivity index (χ2n) is 3.34. The Morgan fingerprint density at radius 3 is 2.50 bits per heavy atom. The van der Waals surface area contributed by atoms with Gasteiger partial charge in [-0.1, -0.05) is 25.1 Å². The highest BCUT2D eigenvalue weighted by Gasteiger charge is 2.11. The van der Waals surface area contributed by atoms with Crippen molar-refractivity contribution in [3.8, 4) is 0 Å². The molecule has 76 valence electrons. The van der Waals surface area contributed by atoms with Gasteiger partial charge < -0.3 is 4.90 Å². The fourth-order valence-corrected chi connectivity index (χ4v) is 1.34. The number of para-hydroxylation sites is 1. The van der Waals surface area contributed by atoms with E-state index in [1.54, 1.807) is 11.9 Å². The second kappa shape index (κ2) is 5.05. The van der Waals surface area contributed by atoms with Crippen molar-refractivity contribution in [2.75, 3.05) is 11.9 Å². The van der Waals surface area contributed by atoms with Gasteiger partial charge in [-0.3, -0.25) is 4.79 Å². The number of amides is 1. The van der Waals surface area contributed by atoms with Crippen LogP contribution in [0.15, 0.2) is 30.3 Å². The Labute approximate surface area is 90.3 Å². The molecule has 1 unspecified atom stereocenters. The number of rotatable bonds is 3. The molecule has 1 aromatic carbocycles. The first-order chi connectivity index (χ1) is 6.61. The third-order valence-electron chi connectivity index (χ3n) is 1.99. The molecule has 0 aliphatic rings. The third kappa shape index (κ3) is 3.07. The van der Waals surface area contributed by atoms with Crippen LogP contribution in [0.25, 0.3) is 0 Å². The molecular weight excluding hydrogens is 194 g/mol. The van der Waals surface area contributed by atoms with Crippen molar-refractivity contribution in [3.05, 3.63) is 30.3 Å². The van der Waals surface area contributed by atoms with Crippen LogP contribution in [0.5, 0.6) is 0 Å². The van der Waals surface area contributed by atoms with Crippen molar-refractivity contribution in [2.24, 2.45) is 0 Å². The minimum atomic E-state index is 0.0960. The molecule has 0 radical (unpaired) electrons. The molecule has 0 aromatic heterocycles. The lowest BCUT2D eigenvalue weighted by atomic mass is 10.2. The number of carbonyl (C=O) groups is 1. The Morgan fingerprint density at radius 1 is 1.43 bits per heavy atom. The summed E-state index contributed by atoms with van der Waals surface area (Å²) in [7, 11) is 1.79. The molecule has 1 amide bonds. The van der Waals surface area contributed by atoms with Gasteiger partial charge in [-0.05, 0) is 12.1 Å². The van der Waals surface area contributed by atoms with Crippen molar-refractivity contribution in [2.45, 2.75) is 18.6 Å². The first kappa shape index (κ1) is 11.1. The number of carbonyl (C=O) groups excluding carboxylic acids is 1. The molecule has 1 rings (SSSR count). The first-order valence-corrected chi connectivity index (χ1v) is 5.12. The van der Waals surface area contributed by atoms with Crippen LogP contribution in [0.4, 0.5) is 5.69 Å². The first-order valence-electron chi connectivity index (χ1n) is 4.61. The fraction of sp³-hybridized carbons (Fsp3) is 0.364. The summed E-state index contributed by atoms with van der Waals surface area (Å²) < 4.78 is 0. The topological polar surface area (TPSA) is 20.3 Å². The SMILES string of the molecule is CC(S)CC(=O)N(C)c1ccccc1. The molecule has 0 saturated heterocycles. The molecule has 0 heterocycles. The molecular formula is C11H15NOS. The van der Waals surface area contributed by atoms with Crippen LogP contribution in [-0.2, 0) is 4.79 Å². The minimum Gasteiger partial charge on any atom is -0.315 e. The van der Waals surface area contributed by atoms with E-state index in [0.717, 1.165) is 5.69 Å². The van der Waals surface area contributed by atoms with Gasteiger partial charge in [-0.15, -0.1) is 0 Å². The van der Waals surface area contributed by atoms with Gasteiger partial charge in [0.2, 0.25) is 5.91 Å². The average Bonchev–Trinajstić information content (AvgIpc) is 2.17. The van der Waals surface area contributed by atoms with Gasteiger partial charge in [-0.2, -0.15) is 12.6 Å². The molecule has 1 atom stereocenters. The van der Waals surface area contributed by atoms with Gasteiger partial charge in [0, 0.05) is 24.4 Å². The lowest BCUT2D eigenvalue weighted by molar-refractivity contribution is -0.118. The largest absolute Gasteiger partial charge is 0.315 e. The zero-order valence-electron chi connectivity index (χ0n) is 8.47. The zero-order chi connectivity index (χ0) is 10.6. The van der Waals surface area contributed by atoms with Gasteiger partial charge in [0.1, 0.15) is 0 Å². The van der Waals surface area contributed by atoms with E-state index in [0.29, 0.717) is 6.42 Å². The Kier molecular flexibility index (Phi) is 4.01. The highest BCUT2D eigenvalue weighted by molar-refractivity contribution is 7.80. The van der Waals surface area contributed by atoms with E-state index in [-0.39, 0.29) is 11.2 Å². The predicted molar refractivity (Wildman–Crippen MR) is 62.9 cm³/mol. The molecule has 0 saturated carbocycles. The number of hydrogen-bond donors (Lipinski definition) is 1. The molecule has 14 heavy (non-hydrogen) atoms. The van der Waals surface area contributed by atoms with Gasteiger partial charge in [-0.25, -0.2) is 0 Å². The van der Waals surface area contributed by atoms with Crippen LogP contribution >= 0.6 is 12.6 Å². The lowest BCUT2D eigenvalue weighted by Gasteiger charge is -2.17. The van der Waals surface area contributed by atoms with E-state index in [2.05, 4.69) is 12.6 Å². The van der Waals surface area contributed by atoms with Gasteiger partial charge in [0.25, 0.3) is 0 Å². The molecule has 0 bridgehead atoms. The molecule has 0 aliphatic carbocycles. The van der Waals surface area contributed by atoms with Crippen LogP contribution in [0.3, 0.4) is 0 Å². The molecule has 1 aromatic rings. The third-order valence-corrected chi connectivity index (χ3v) is 2.17. The maximum absolute atomic E-state index is 11.6. The van der Waals surface area contributed by atoms with Gasteiger partial charge in [0.15, 0.2) is 0 Å². The van der Waals surface area contributed by atoms with Crippen LogP contribution in [-0.4, -0.2) is 18.2 Å². The fourth-order valence-electron chi connectivity index (χ4n) is 1.19. The van der Waals surface area contributed by atoms with E-state index in [1.165, 1.54) is 0 Å². The Morgan fingerprint density at radius 2 is 2.00 bits per heavy atom. The van der Waals surface area contributed by atoms with Crippen molar-refractivity contribution < 1.29 is 4.79 Å². The molecule has 0 N–H and O–H groups in total. The van der Waals surface area contributed by atoms with Crippen molar-refractivity contribution >= 4 is 24.2 Å². The smallest absolute Gasteiger partial charge is 0.227 e. The second-order valence-corrected chi connectivity index (χ2v) is 4.22. The summed E-state index contributed by atoms with van der Waals surface area (Å²) in [5.74, 6) is 0.0960. The summed E-state index contributed by atoms with van der Waals surface area (Å²) in [4.78, 5) is 13.3. The van der Waals surface area contributed by atoms with Gasteiger partial charge in [0.05, 0.1) is 0 Å². The number of nitrogens with zero attached hydrogens (tertiary/aromatic N) is 1. The molecule has 0 spiro atoms. The van der Waals surface area contributed by atoms with Gasteiger partial charge >= 0.3 is 0 Å². The normalized spacial score (nSPS) is 12.2. The Hall–Kier alpha value is -0.960. The van der Waals surface area contributed by atoms with Crippen molar-refractivity contribution in [3.63, 3.8) is 0 Å². The van der Waals surface area contributed by atoms with Crippen molar-refractivity contribution in [1.82, 2.24) is 0 Å². The quantitative estimate of drug-likeness (QED) is 0.758. The summed E-state index contributed by atoms with van der Waals surface area (Å²) in [5, 5.41) is 0.105. The highest BCUT2D eigenvalue weighted by atomic mass is 32.1. The van der Waals surface area contributed by atoms with E-state index in [9.17, 15) is 4.79 Å². The Bertz CT molecular complexity index is 297. The Balaban J connectivity index is 2.66. The number of benzene rings is 1. The maximum atomic E-state index is 11.6. The van der Waals surface area contributed by atoms with E-state index < -0.39 is 0 Å². The van der Waals surface area contributed by atoms with Crippen LogP contribution < -0.4 is 4.90 Å². The van der Waals surface area contributed by atoms with Crippen molar-refractivity contribution in [1.29, 1.82) is 0 Å². The lowest BCUT2D eigenvalue weighted by Crippen LogP contribution is -2.27. The maximum Gasteiger partial charge on any atom is 0.227 e. The summed E-state index contributed by atoms with van der Waals surface area (Å²) >= 11 is 4.20. The average molecular weight is 209 g/mol. The predicted octanol–water partition coefficient (Wildman–Crippen LogP) is 2.36. The summed E-state index contributed by atoms with van der Waals surface area (Å²) in [5.41, 5.74) is 0.923. The molecule has 0 aliphatic heterocycles. The number of thiol groups is 1. The monoisotopic (exact) mass is 209 g/mol. The van der Waals surface area contributed by atoms with E-state index >= 15 is 0 Å². The van der Waals surface area contributed by atoms with E-state index in [1.807, 2.05) is 37.3 Å². The summed E-state index contributed by atoms with van der Waals surface area (Å²) in [6.07, 6.45) is 0.467. The molecule has 0 fully saturated rings. The van der Waals surface area contributed by atoms with Crippen LogP contribution in [0, 0.1) is 0 Å². The molecule has 2 nitrogen and oxygen atoms in total. The number of anilines is 1. The number of hydrogen-bond acceptors (Lipinski definition) is 2. The highest BCUT2D eigenvalue weighted by Crippen LogP contribution is 2.13. The van der Waals surface area contributed by atoms with Crippen LogP contribution in [0.2, 0.25) is 0 Å². The molecule has 3 heteroatoms. The summed E-state index contributed by atoms with van der Waals surface area (Å²) in [6.45, 7) is 1.92. The van der Waals surface area contributed by atoms with E-state index in [4.69, 9.17) is 0 Å².